The third kappa shape index (κ3) is 4.55. The first kappa shape index (κ1) is 19.0. The maximum Gasteiger partial charge on any atom is 0.227 e. The highest BCUT2D eigenvalue weighted by Crippen LogP contribution is 2.22. The fourth-order valence-corrected chi connectivity index (χ4v) is 4.04. The SMILES string of the molecule is COc1ccc(CCN2CCN(c3nc(C)cc(N4CCCC4)n3)CC2)cc1. The van der Waals surface area contributed by atoms with Gasteiger partial charge in [0.05, 0.1) is 7.11 Å². The van der Waals surface area contributed by atoms with Gasteiger partial charge in [0.2, 0.25) is 5.95 Å². The van der Waals surface area contributed by atoms with Gasteiger partial charge in [0.25, 0.3) is 0 Å². The Morgan fingerprint density at radius 1 is 0.893 bits per heavy atom. The first-order valence-electron chi connectivity index (χ1n) is 10.4. The molecule has 6 heteroatoms. The van der Waals surface area contributed by atoms with Crippen molar-refractivity contribution in [2.75, 3.05) is 62.7 Å². The lowest BCUT2D eigenvalue weighted by molar-refractivity contribution is 0.259. The maximum atomic E-state index is 5.24. The molecule has 1 aromatic heterocycles. The van der Waals surface area contributed by atoms with E-state index in [4.69, 9.17) is 14.7 Å². The van der Waals surface area contributed by atoms with Crippen LogP contribution in [0.4, 0.5) is 11.8 Å². The van der Waals surface area contributed by atoms with Gasteiger partial charge < -0.3 is 14.5 Å². The first-order chi connectivity index (χ1) is 13.7. The number of aromatic nitrogens is 2. The number of ether oxygens (including phenoxy) is 1. The minimum atomic E-state index is 0.900. The smallest absolute Gasteiger partial charge is 0.227 e. The van der Waals surface area contributed by atoms with Gasteiger partial charge in [-0.2, -0.15) is 4.98 Å². The molecule has 1 aromatic carbocycles. The molecule has 0 atom stereocenters. The van der Waals surface area contributed by atoms with Crippen molar-refractivity contribution in [3.8, 4) is 5.75 Å². The Morgan fingerprint density at radius 3 is 2.29 bits per heavy atom. The van der Waals surface area contributed by atoms with Gasteiger partial charge in [-0.3, -0.25) is 4.90 Å². The van der Waals surface area contributed by atoms with Crippen LogP contribution in [-0.2, 0) is 6.42 Å². The van der Waals surface area contributed by atoms with E-state index in [-0.39, 0.29) is 0 Å². The predicted octanol–water partition coefficient (Wildman–Crippen LogP) is 2.76. The molecular weight excluding hydrogens is 350 g/mol. The number of hydrogen-bond acceptors (Lipinski definition) is 6. The molecule has 0 amide bonds. The van der Waals surface area contributed by atoms with Crippen LogP contribution in [0.2, 0.25) is 0 Å². The molecule has 2 aromatic rings. The van der Waals surface area contributed by atoms with E-state index in [1.807, 2.05) is 12.1 Å². The highest BCUT2D eigenvalue weighted by molar-refractivity contribution is 5.46. The Labute approximate surface area is 168 Å². The number of anilines is 2. The van der Waals surface area contributed by atoms with Crippen molar-refractivity contribution >= 4 is 11.8 Å². The molecule has 6 nitrogen and oxygen atoms in total. The Hall–Kier alpha value is -2.34. The van der Waals surface area contributed by atoms with Crippen molar-refractivity contribution in [1.29, 1.82) is 0 Å². The van der Waals surface area contributed by atoms with Gasteiger partial charge in [0.15, 0.2) is 0 Å². The summed E-state index contributed by atoms with van der Waals surface area (Å²) in [5, 5.41) is 0. The summed E-state index contributed by atoms with van der Waals surface area (Å²) < 4.78 is 5.24. The summed E-state index contributed by atoms with van der Waals surface area (Å²) in [4.78, 5) is 16.9. The third-order valence-corrected chi connectivity index (χ3v) is 5.79. The Balaban J connectivity index is 1.31. The first-order valence-corrected chi connectivity index (χ1v) is 10.4. The summed E-state index contributed by atoms with van der Waals surface area (Å²) in [6.45, 7) is 9.52. The molecule has 3 heterocycles. The van der Waals surface area contributed by atoms with Gasteiger partial charge in [0.1, 0.15) is 11.6 Å². The predicted molar refractivity (Wildman–Crippen MR) is 114 cm³/mol. The van der Waals surface area contributed by atoms with Gasteiger partial charge in [0, 0.05) is 57.6 Å². The molecule has 0 N–H and O–H groups in total. The van der Waals surface area contributed by atoms with E-state index in [0.29, 0.717) is 0 Å². The summed E-state index contributed by atoms with van der Waals surface area (Å²) in [6.07, 6.45) is 3.61. The zero-order chi connectivity index (χ0) is 19.3. The summed E-state index contributed by atoms with van der Waals surface area (Å²) in [7, 11) is 1.71. The summed E-state index contributed by atoms with van der Waals surface area (Å²) in [5.74, 6) is 2.92. The van der Waals surface area contributed by atoms with Crippen LogP contribution in [0.25, 0.3) is 0 Å². The lowest BCUT2D eigenvalue weighted by Gasteiger charge is -2.35. The molecule has 150 valence electrons. The second-order valence-corrected chi connectivity index (χ2v) is 7.79. The van der Waals surface area contributed by atoms with Crippen molar-refractivity contribution < 1.29 is 4.74 Å². The molecule has 28 heavy (non-hydrogen) atoms. The normalized spacial score (nSPS) is 17.9. The van der Waals surface area contributed by atoms with E-state index in [1.54, 1.807) is 7.11 Å². The average molecular weight is 382 g/mol. The monoisotopic (exact) mass is 381 g/mol. The minimum Gasteiger partial charge on any atom is -0.497 e. The lowest BCUT2D eigenvalue weighted by atomic mass is 10.1. The number of aryl methyl sites for hydroxylation is 1. The molecule has 4 rings (SSSR count). The zero-order valence-corrected chi connectivity index (χ0v) is 17.1. The van der Waals surface area contributed by atoms with Crippen molar-refractivity contribution in [3.63, 3.8) is 0 Å². The van der Waals surface area contributed by atoms with Crippen molar-refractivity contribution in [1.82, 2.24) is 14.9 Å². The number of rotatable bonds is 6. The maximum absolute atomic E-state index is 5.24. The van der Waals surface area contributed by atoms with E-state index in [9.17, 15) is 0 Å². The van der Waals surface area contributed by atoms with E-state index >= 15 is 0 Å². The van der Waals surface area contributed by atoms with Crippen LogP contribution in [0.15, 0.2) is 30.3 Å². The van der Waals surface area contributed by atoms with Crippen LogP contribution in [0.5, 0.6) is 5.75 Å². The number of nitrogens with zero attached hydrogens (tertiary/aromatic N) is 5. The standard InChI is InChI=1S/C22H31N5O/c1-18-17-21(26-10-3-4-11-26)24-22(23-18)27-15-13-25(14-16-27)12-9-19-5-7-20(28-2)8-6-19/h5-8,17H,3-4,9-16H2,1-2H3. The molecule has 0 radical (unpaired) electrons. The summed E-state index contributed by atoms with van der Waals surface area (Å²) in [5.41, 5.74) is 2.43. The van der Waals surface area contributed by atoms with Crippen molar-refractivity contribution in [3.05, 3.63) is 41.6 Å². The highest BCUT2D eigenvalue weighted by atomic mass is 16.5. The summed E-state index contributed by atoms with van der Waals surface area (Å²) >= 11 is 0. The van der Waals surface area contributed by atoms with Gasteiger partial charge in [-0.1, -0.05) is 12.1 Å². The van der Waals surface area contributed by atoms with Crippen LogP contribution in [0.1, 0.15) is 24.1 Å². The molecule has 0 spiro atoms. The molecule has 0 aliphatic carbocycles. The van der Waals surface area contributed by atoms with Gasteiger partial charge in [-0.05, 0) is 43.9 Å². The fraction of sp³-hybridized carbons (Fsp3) is 0.545. The molecule has 0 saturated carbocycles. The van der Waals surface area contributed by atoms with Crippen LogP contribution >= 0.6 is 0 Å². The highest BCUT2D eigenvalue weighted by Gasteiger charge is 2.21. The van der Waals surface area contributed by atoms with Crippen molar-refractivity contribution in [2.45, 2.75) is 26.2 Å². The van der Waals surface area contributed by atoms with Gasteiger partial charge >= 0.3 is 0 Å². The lowest BCUT2D eigenvalue weighted by Crippen LogP contribution is -2.47. The Bertz CT molecular complexity index is 765. The molecule has 2 aliphatic rings. The number of hydrogen-bond donors (Lipinski definition) is 0. The fourth-order valence-electron chi connectivity index (χ4n) is 4.04. The van der Waals surface area contributed by atoms with E-state index < -0.39 is 0 Å². The number of piperazine rings is 1. The zero-order valence-electron chi connectivity index (χ0n) is 17.1. The quantitative estimate of drug-likeness (QED) is 0.767. The van der Waals surface area contributed by atoms with Gasteiger partial charge in [-0.25, -0.2) is 4.98 Å². The second kappa shape index (κ2) is 8.78. The molecule has 2 fully saturated rings. The van der Waals surface area contributed by atoms with E-state index in [2.05, 4.69) is 39.8 Å². The Kier molecular flexibility index (Phi) is 5.95. The third-order valence-electron chi connectivity index (χ3n) is 5.79. The molecule has 0 bridgehead atoms. The topological polar surface area (TPSA) is 44.7 Å². The molecule has 2 aliphatic heterocycles. The van der Waals surface area contributed by atoms with Crippen LogP contribution in [-0.4, -0.2) is 67.8 Å². The largest absolute Gasteiger partial charge is 0.497 e. The molecular formula is C22H31N5O. The van der Waals surface area contributed by atoms with Gasteiger partial charge in [-0.15, -0.1) is 0 Å². The van der Waals surface area contributed by atoms with E-state index in [0.717, 1.165) is 75.4 Å². The van der Waals surface area contributed by atoms with E-state index in [1.165, 1.54) is 18.4 Å². The Morgan fingerprint density at radius 2 is 1.61 bits per heavy atom. The second-order valence-electron chi connectivity index (χ2n) is 7.79. The minimum absolute atomic E-state index is 0.900. The molecule has 2 saturated heterocycles. The average Bonchev–Trinajstić information content (AvgIpc) is 3.28. The molecule has 0 unspecified atom stereocenters. The number of methoxy groups -OCH3 is 1. The van der Waals surface area contributed by atoms with Crippen LogP contribution in [0, 0.1) is 6.92 Å². The van der Waals surface area contributed by atoms with Crippen LogP contribution in [0.3, 0.4) is 0 Å². The van der Waals surface area contributed by atoms with Crippen molar-refractivity contribution in [2.24, 2.45) is 0 Å². The summed E-state index contributed by atoms with van der Waals surface area (Å²) in [6, 6.07) is 10.5. The number of benzene rings is 1. The van der Waals surface area contributed by atoms with Crippen LogP contribution < -0.4 is 14.5 Å².